The standard InChI is InChI=1S/C16H19ClN2O2/c1-11(2)21-16-14(8-5-9-18-16)19-10-15(20)12-6-3-4-7-13(12)17/h3-9,11,15,19-20H,10H2,1-2H3. The van der Waals surface area contributed by atoms with Crippen LogP contribution in [0.5, 0.6) is 5.88 Å². The van der Waals surface area contributed by atoms with Crippen LogP contribution in [-0.2, 0) is 0 Å². The number of aliphatic hydroxyl groups is 1. The third-order valence-electron chi connectivity index (χ3n) is 2.87. The number of pyridine rings is 1. The summed E-state index contributed by atoms with van der Waals surface area (Å²) in [7, 11) is 0. The maximum Gasteiger partial charge on any atom is 0.237 e. The lowest BCUT2D eigenvalue weighted by molar-refractivity contribution is 0.191. The maximum atomic E-state index is 10.2. The molecule has 1 heterocycles. The van der Waals surface area contributed by atoms with Crippen LogP contribution in [0.25, 0.3) is 0 Å². The van der Waals surface area contributed by atoms with E-state index in [-0.39, 0.29) is 6.10 Å². The van der Waals surface area contributed by atoms with Crippen molar-refractivity contribution in [2.24, 2.45) is 0 Å². The molecule has 0 amide bonds. The highest BCUT2D eigenvalue weighted by atomic mass is 35.5. The highest BCUT2D eigenvalue weighted by Crippen LogP contribution is 2.25. The zero-order valence-corrected chi connectivity index (χ0v) is 12.8. The Morgan fingerprint density at radius 2 is 2.00 bits per heavy atom. The molecule has 1 aromatic heterocycles. The number of ether oxygens (including phenoxy) is 1. The summed E-state index contributed by atoms with van der Waals surface area (Å²) in [4.78, 5) is 4.19. The first-order valence-corrected chi connectivity index (χ1v) is 7.23. The van der Waals surface area contributed by atoms with Crippen LogP contribution in [-0.4, -0.2) is 22.7 Å². The van der Waals surface area contributed by atoms with Crippen LogP contribution >= 0.6 is 11.6 Å². The van der Waals surface area contributed by atoms with Crippen molar-refractivity contribution in [3.8, 4) is 5.88 Å². The monoisotopic (exact) mass is 306 g/mol. The van der Waals surface area contributed by atoms with Crippen molar-refractivity contribution in [1.29, 1.82) is 0 Å². The molecule has 0 radical (unpaired) electrons. The lowest BCUT2D eigenvalue weighted by atomic mass is 10.1. The predicted molar refractivity (Wildman–Crippen MR) is 84.9 cm³/mol. The first kappa shape index (κ1) is 15.6. The van der Waals surface area contributed by atoms with Crippen LogP contribution in [0, 0.1) is 0 Å². The Kier molecular flexibility index (Phi) is 5.42. The minimum Gasteiger partial charge on any atom is -0.473 e. The number of nitrogens with one attached hydrogen (secondary N) is 1. The molecule has 0 aliphatic heterocycles. The predicted octanol–water partition coefficient (Wildman–Crippen LogP) is 3.67. The normalized spacial score (nSPS) is 12.2. The number of benzene rings is 1. The van der Waals surface area contributed by atoms with Gasteiger partial charge in [0.15, 0.2) is 0 Å². The average molecular weight is 307 g/mol. The molecule has 0 saturated carbocycles. The molecule has 112 valence electrons. The first-order valence-electron chi connectivity index (χ1n) is 6.86. The molecule has 0 bridgehead atoms. The highest BCUT2D eigenvalue weighted by Gasteiger charge is 2.12. The number of nitrogens with zero attached hydrogens (tertiary/aromatic N) is 1. The molecule has 1 aromatic carbocycles. The summed E-state index contributed by atoms with van der Waals surface area (Å²) in [5.74, 6) is 0.527. The lowest BCUT2D eigenvalue weighted by Gasteiger charge is -2.17. The van der Waals surface area contributed by atoms with Crippen molar-refractivity contribution in [1.82, 2.24) is 4.98 Å². The second-order valence-corrected chi connectivity index (χ2v) is 5.35. The second-order valence-electron chi connectivity index (χ2n) is 4.94. The maximum absolute atomic E-state index is 10.2. The van der Waals surface area contributed by atoms with Crippen LogP contribution in [0.4, 0.5) is 5.69 Å². The Bertz CT molecular complexity index is 590. The van der Waals surface area contributed by atoms with Crippen LogP contribution < -0.4 is 10.1 Å². The molecule has 4 nitrogen and oxygen atoms in total. The van der Waals surface area contributed by atoms with E-state index in [9.17, 15) is 5.11 Å². The lowest BCUT2D eigenvalue weighted by Crippen LogP contribution is -2.15. The summed E-state index contributed by atoms with van der Waals surface area (Å²) < 4.78 is 5.63. The molecular formula is C16H19ClN2O2. The molecule has 0 aliphatic carbocycles. The Hall–Kier alpha value is -1.78. The van der Waals surface area contributed by atoms with E-state index in [0.717, 1.165) is 5.69 Å². The fourth-order valence-electron chi connectivity index (χ4n) is 1.90. The molecule has 2 N–H and O–H groups in total. The van der Waals surface area contributed by atoms with E-state index in [1.54, 1.807) is 12.3 Å². The van der Waals surface area contributed by atoms with Gasteiger partial charge >= 0.3 is 0 Å². The summed E-state index contributed by atoms with van der Waals surface area (Å²) in [6.07, 6.45) is 1.01. The number of hydrogen-bond donors (Lipinski definition) is 2. The summed E-state index contributed by atoms with van der Waals surface area (Å²) in [5.41, 5.74) is 1.44. The van der Waals surface area contributed by atoms with Crippen molar-refractivity contribution in [2.45, 2.75) is 26.1 Å². The third-order valence-corrected chi connectivity index (χ3v) is 3.21. The smallest absolute Gasteiger partial charge is 0.237 e. The van der Waals surface area contributed by atoms with Crippen molar-refractivity contribution >= 4 is 17.3 Å². The van der Waals surface area contributed by atoms with Crippen LogP contribution in [0.2, 0.25) is 5.02 Å². The number of anilines is 1. The van der Waals surface area contributed by atoms with Gasteiger partial charge in [-0.15, -0.1) is 0 Å². The number of aliphatic hydroxyl groups excluding tert-OH is 1. The fraction of sp³-hybridized carbons (Fsp3) is 0.312. The van der Waals surface area contributed by atoms with Gasteiger partial charge in [0.05, 0.1) is 17.9 Å². The van der Waals surface area contributed by atoms with Crippen molar-refractivity contribution in [2.75, 3.05) is 11.9 Å². The molecule has 0 saturated heterocycles. The number of halogens is 1. The number of aromatic nitrogens is 1. The Balaban J connectivity index is 2.05. The Morgan fingerprint density at radius 1 is 1.24 bits per heavy atom. The molecule has 2 aromatic rings. The SMILES string of the molecule is CC(C)Oc1ncccc1NCC(O)c1ccccc1Cl. The van der Waals surface area contributed by atoms with Gasteiger partial charge in [-0.3, -0.25) is 0 Å². The van der Waals surface area contributed by atoms with E-state index in [1.165, 1.54) is 0 Å². The van der Waals surface area contributed by atoms with E-state index in [1.807, 2.05) is 44.2 Å². The summed E-state index contributed by atoms with van der Waals surface area (Å²) in [6, 6.07) is 10.9. The summed E-state index contributed by atoms with van der Waals surface area (Å²) in [6.45, 7) is 4.21. The van der Waals surface area contributed by atoms with Gasteiger partial charge < -0.3 is 15.2 Å². The van der Waals surface area contributed by atoms with E-state index < -0.39 is 6.10 Å². The molecule has 0 aliphatic rings. The summed E-state index contributed by atoms with van der Waals surface area (Å²) in [5, 5.41) is 13.9. The molecule has 1 atom stereocenters. The van der Waals surface area contributed by atoms with Gasteiger partial charge in [0, 0.05) is 23.3 Å². The molecule has 0 spiro atoms. The number of rotatable bonds is 6. The van der Waals surface area contributed by atoms with Crippen molar-refractivity contribution in [3.05, 3.63) is 53.2 Å². The van der Waals surface area contributed by atoms with Crippen molar-refractivity contribution in [3.63, 3.8) is 0 Å². The van der Waals surface area contributed by atoms with Gasteiger partial charge in [-0.1, -0.05) is 29.8 Å². The zero-order chi connectivity index (χ0) is 15.2. The van der Waals surface area contributed by atoms with E-state index in [4.69, 9.17) is 16.3 Å². The number of hydrogen-bond acceptors (Lipinski definition) is 4. The second kappa shape index (κ2) is 7.29. The zero-order valence-electron chi connectivity index (χ0n) is 12.1. The summed E-state index contributed by atoms with van der Waals surface area (Å²) >= 11 is 6.08. The Labute approximate surface area is 129 Å². The van der Waals surface area contributed by atoms with Gasteiger partial charge in [-0.2, -0.15) is 0 Å². The molecule has 5 heteroatoms. The molecule has 1 unspecified atom stereocenters. The minimum atomic E-state index is -0.703. The van der Waals surface area contributed by atoms with Crippen molar-refractivity contribution < 1.29 is 9.84 Å². The third kappa shape index (κ3) is 4.34. The molecular weight excluding hydrogens is 288 g/mol. The van der Waals surface area contributed by atoms with Crippen LogP contribution in [0.1, 0.15) is 25.5 Å². The fourth-order valence-corrected chi connectivity index (χ4v) is 2.17. The van der Waals surface area contributed by atoms with E-state index >= 15 is 0 Å². The van der Waals surface area contributed by atoms with E-state index in [2.05, 4.69) is 10.3 Å². The van der Waals surface area contributed by atoms with Gasteiger partial charge in [-0.05, 0) is 32.0 Å². The minimum absolute atomic E-state index is 0.0361. The van der Waals surface area contributed by atoms with Gasteiger partial charge in [0.25, 0.3) is 0 Å². The largest absolute Gasteiger partial charge is 0.473 e. The van der Waals surface area contributed by atoms with Crippen LogP contribution in [0.3, 0.4) is 0 Å². The topological polar surface area (TPSA) is 54.4 Å². The molecule has 2 rings (SSSR count). The highest BCUT2D eigenvalue weighted by molar-refractivity contribution is 6.31. The first-order chi connectivity index (χ1) is 10.1. The Morgan fingerprint density at radius 3 is 2.71 bits per heavy atom. The van der Waals surface area contributed by atoms with E-state index in [0.29, 0.717) is 23.0 Å². The van der Waals surface area contributed by atoms with Gasteiger partial charge in [-0.25, -0.2) is 4.98 Å². The van der Waals surface area contributed by atoms with Gasteiger partial charge in [0.1, 0.15) is 0 Å². The van der Waals surface area contributed by atoms with Gasteiger partial charge in [0.2, 0.25) is 5.88 Å². The molecule has 21 heavy (non-hydrogen) atoms. The van der Waals surface area contributed by atoms with Crippen LogP contribution in [0.15, 0.2) is 42.6 Å². The molecule has 0 fully saturated rings. The average Bonchev–Trinajstić information content (AvgIpc) is 2.46. The quantitative estimate of drug-likeness (QED) is 0.855.